The molecule has 0 heterocycles. The van der Waals surface area contributed by atoms with Crippen molar-refractivity contribution in [2.24, 2.45) is 5.92 Å². The molecule has 1 aliphatic rings. The van der Waals surface area contributed by atoms with E-state index in [1.165, 1.54) is 25.7 Å². The number of amides is 1. The Morgan fingerprint density at radius 2 is 1.80 bits per heavy atom. The van der Waals surface area contributed by atoms with Crippen molar-refractivity contribution in [3.05, 3.63) is 0 Å². The normalized spacial score (nSPS) is 16.3. The van der Waals surface area contributed by atoms with Gasteiger partial charge in [0.15, 0.2) is 0 Å². The summed E-state index contributed by atoms with van der Waals surface area (Å²) >= 11 is 0. The highest BCUT2D eigenvalue weighted by Crippen LogP contribution is 2.26. The van der Waals surface area contributed by atoms with Crippen LogP contribution in [0.2, 0.25) is 0 Å². The topological polar surface area (TPSA) is 55.4 Å². The van der Waals surface area contributed by atoms with Gasteiger partial charge in [0.25, 0.3) is 0 Å². The van der Waals surface area contributed by atoms with Crippen LogP contribution in [0, 0.1) is 5.92 Å². The Morgan fingerprint density at radius 3 is 2.40 bits per heavy atom. The van der Waals surface area contributed by atoms with Crippen LogP contribution >= 0.6 is 0 Å². The summed E-state index contributed by atoms with van der Waals surface area (Å²) in [5, 5.41) is 2.74. The van der Waals surface area contributed by atoms with E-state index in [1.54, 1.807) is 6.92 Å². The van der Waals surface area contributed by atoms with Crippen LogP contribution in [0.5, 0.6) is 0 Å². The van der Waals surface area contributed by atoms with Crippen LogP contribution in [0.3, 0.4) is 0 Å². The van der Waals surface area contributed by atoms with Crippen molar-refractivity contribution in [2.45, 2.75) is 77.7 Å². The number of carbonyl (C=O) groups excluding carboxylic acids is 2. The molecule has 1 amide bonds. The highest BCUT2D eigenvalue weighted by molar-refractivity contribution is 5.85. The molecule has 4 heteroatoms. The van der Waals surface area contributed by atoms with E-state index in [0.29, 0.717) is 6.61 Å². The van der Waals surface area contributed by atoms with Gasteiger partial charge >= 0.3 is 5.97 Å². The Labute approximate surface area is 122 Å². The summed E-state index contributed by atoms with van der Waals surface area (Å²) in [6.07, 6.45) is 10.0. The first-order valence-corrected chi connectivity index (χ1v) is 8.12. The largest absolute Gasteiger partial charge is 0.464 e. The molecule has 0 aromatic carbocycles. The number of unbranched alkanes of at least 4 members (excludes halogenated alkanes) is 5. The number of esters is 1. The fourth-order valence-corrected chi connectivity index (χ4v) is 2.24. The summed E-state index contributed by atoms with van der Waals surface area (Å²) in [6, 6.07) is -0.525. The number of ether oxygens (including phenoxy) is 1. The third kappa shape index (κ3) is 6.40. The molecule has 0 aromatic rings. The highest BCUT2D eigenvalue weighted by atomic mass is 16.5. The summed E-state index contributed by atoms with van der Waals surface area (Å²) in [6.45, 7) is 4.36. The van der Waals surface area contributed by atoms with Crippen LogP contribution in [0.15, 0.2) is 0 Å². The van der Waals surface area contributed by atoms with Crippen molar-refractivity contribution in [3.63, 3.8) is 0 Å². The van der Waals surface area contributed by atoms with Gasteiger partial charge in [-0.15, -0.1) is 0 Å². The van der Waals surface area contributed by atoms with Crippen molar-refractivity contribution in [2.75, 3.05) is 6.61 Å². The molecule has 0 aliphatic heterocycles. The molecule has 0 radical (unpaired) electrons. The number of hydrogen-bond donors (Lipinski definition) is 1. The fourth-order valence-electron chi connectivity index (χ4n) is 2.24. The quantitative estimate of drug-likeness (QED) is 0.495. The van der Waals surface area contributed by atoms with Gasteiger partial charge in [-0.25, -0.2) is 4.79 Å². The van der Waals surface area contributed by atoms with E-state index in [4.69, 9.17) is 4.74 Å². The second kappa shape index (κ2) is 9.78. The number of hydrogen-bond acceptors (Lipinski definition) is 3. The lowest BCUT2D eigenvalue weighted by molar-refractivity contribution is -0.148. The van der Waals surface area contributed by atoms with Gasteiger partial charge in [-0.05, 0) is 26.2 Å². The minimum Gasteiger partial charge on any atom is -0.464 e. The van der Waals surface area contributed by atoms with Crippen molar-refractivity contribution < 1.29 is 14.3 Å². The van der Waals surface area contributed by atoms with Gasteiger partial charge in [0.2, 0.25) is 5.91 Å². The van der Waals surface area contributed by atoms with Gasteiger partial charge in [0.1, 0.15) is 6.04 Å². The van der Waals surface area contributed by atoms with Crippen LogP contribution in [-0.4, -0.2) is 24.5 Å². The summed E-state index contributed by atoms with van der Waals surface area (Å²) in [7, 11) is 0. The maximum absolute atomic E-state index is 11.7. The van der Waals surface area contributed by atoms with E-state index < -0.39 is 6.04 Å². The zero-order valence-electron chi connectivity index (χ0n) is 13.0. The molecule has 1 fully saturated rings. The van der Waals surface area contributed by atoms with Crippen LogP contribution in [0.25, 0.3) is 0 Å². The molecule has 116 valence electrons. The lowest BCUT2D eigenvalue weighted by atomic mass is 9.84. The molecule has 0 aromatic heterocycles. The predicted octanol–water partition coefficient (Wildman–Crippen LogP) is 3.19. The minimum atomic E-state index is -0.525. The van der Waals surface area contributed by atoms with E-state index in [9.17, 15) is 9.59 Å². The van der Waals surface area contributed by atoms with Crippen molar-refractivity contribution >= 4 is 11.9 Å². The predicted molar refractivity (Wildman–Crippen MR) is 79.3 cm³/mol. The Morgan fingerprint density at radius 1 is 1.15 bits per heavy atom. The Balaban J connectivity index is 2.01. The monoisotopic (exact) mass is 283 g/mol. The van der Waals surface area contributed by atoms with Gasteiger partial charge in [-0.3, -0.25) is 4.79 Å². The molecule has 1 saturated carbocycles. The summed E-state index contributed by atoms with van der Waals surface area (Å²) in [4.78, 5) is 23.4. The summed E-state index contributed by atoms with van der Waals surface area (Å²) < 4.78 is 5.19. The van der Waals surface area contributed by atoms with E-state index in [1.807, 2.05) is 0 Å². The van der Waals surface area contributed by atoms with E-state index in [2.05, 4.69) is 12.2 Å². The SMILES string of the molecule is CCCCCCCCOC(=O)[C@H](C)NC(=O)C1CCC1. The third-order valence-corrected chi connectivity index (χ3v) is 3.93. The van der Waals surface area contributed by atoms with Crippen LogP contribution in [-0.2, 0) is 14.3 Å². The van der Waals surface area contributed by atoms with Crippen LogP contribution in [0.4, 0.5) is 0 Å². The zero-order chi connectivity index (χ0) is 14.8. The maximum Gasteiger partial charge on any atom is 0.328 e. The van der Waals surface area contributed by atoms with Crippen molar-refractivity contribution in [1.82, 2.24) is 5.32 Å². The molecule has 20 heavy (non-hydrogen) atoms. The summed E-state index contributed by atoms with van der Waals surface area (Å²) in [5.41, 5.74) is 0. The minimum absolute atomic E-state index is 0.000246. The molecule has 1 N–H and O–H groups in total. The third-order valence-electron chi connectivity index (χ3n) is 3.93. The average molecular weight is 283 g/mol. The van der Waals surface area contributed by atoms with E-state index in [0.717, 1.165) is 32.1 Å². The van der Waals surface area contributed by atoms with Crippen LogP contribution < -0.4 is 5.32 Å². The standard InChI is InChI=1S/C16H29NO3/c1-3-4-5-6-7-8-12-20-16(19)13(2)17-15(18)14-10-9-11-14/h13-14H,3-12H2,1-2H3,(H,17,18)/t13-/m0/s1. The Kier molecular flexibility index (Phi) is 8.31. The summed E-state index contributed by atoms with van der Waals surface area (Å²) in [5.74, 6) is -0.199. The molecular weight excluding hydrogens is 254 g/mol. The Hall–Kier alpha value is -1.06. The molecule has 0 saturated heterocycles. The molecule has 1 aliphatic carbocycles. The first kappa shape index (κ1) is 17.0. The first-order chi connectivity index (χ1) is 9.65. The van der Waals surface area contributed by atoms with Gasteiger partial charge < -0.3 is 10.1 Å². The number of carbonyl (C=O) groups is 2. The molecule has 0 unspecified atom stereocenters. The molecular formula is C16H29NO3. The molecule has 1 rings (SSSR count). The fraction of sp³-hybridized carbons (Fsp3) is 0.875. The highest BCUT2D eigenvalue weighted by Gasteiger charge is 2.27. The lowest BCUT2D eigenvalue weighted by Crippen LogP contribution is -2.44. The van der Waals surface area contributed by atoms with Crippen molar-refractivity contribution in [3.8, 4) is 0 Å². The lowest BCUT2D eigenvalue weighted by Gasteiger charge is -2.25. The molecule has 1 atom stereocenters. The Bertz CT molecular complexity index is 300. The molecule has 0 bridgehead atoms. The van der Waals surface area contributed by atoms with Gasteiger partial charge in [0.05, 0.1) is 6.61 Å². The molecule has 0 spiro atoms. The molecule has 4 nitrogen and oxygen atoms in total. The first-order valence-electron chi connectivity index (χ1n) is 8.12. The van der Waals surface area contributed by atoms with Gasteiger partial charge in [0, 0.05) is 5.92 Å². The van der Waals surface area contributed by atoms with Gasteiger partial charge in [-0.1, -0.05) is 45.4 Å². The van der Waals surface area contributed by atoms with E-state index in [-0.39, 0.29) is 17.8 Å². The van der Waals surface area contributed by atoms with E-state index >= 15 is 0 Å². The average Bonchev–Trinajstić information content (AvgIpc) is 2.35. The zero-order valence-corrected chi connectivity index (χ0v) is 13.0. The second-order valence-electron chi connectivity index (χ2n) is 5.79. The van der Waals surface area contributed by atoms with Gasteiger partial charge in [-0.2, -0.15) is 0 Å². The number of rotatable bonds is 10. The van der Waals surface area contributed by atoms with Crippen LogP contribution in [0.1, 0.15) is 71.6 Å². The maximum atomic E-state index is 11.7. The second-order valence-corrected chi connectivity index (χ2v) is 5.79. The number of nitrogens with one attached hydrogen (secondary N) is 1. The smallest absolute Gasteiger partial charge is 0.328 e. The van der Waals surface area contributed by atoms with Crippen molar-refractivity contribution in [1.29, 1.82) is 0 Å².